The number of nitrogens with zero attached hydrogens (tertiary/aromatic N) is 2. The number of rotatable bonds is 5. The molecule has 0 unspecified atom stereocenters. The van der Waals surface area contributed by atoms with Gasteiger partial charge in [-0.25, -0.2) is 9.59 Å². The Labute approximate surface area is 165 Å². The monoisotopic (exact) mass is 381 g/mol. The van der Waals surface area contributed by atoms with E-state index in [1.165, 1.54) is 0 Å². The van der Waals surface area contributed by atoms with Gasteiger partial charge in [-0.2, -0.15) is 0 Å². The molecule has 2 N–H and O–H groups in total. The van der Waals surface area contributed by atoms with Gasteiger partial charge in [0.15, 0.2) is 0 Å². The first kappa shape index (κ1) is 19.9. The third-order valence-electron chi connectivity index (χ3n) is 5.12. The minimum absolute atomic E-state index is 0.0330. The number of carbonyl (C=O) groups is 2. The number of hydrogen-bond donors (Lipinski definition) is 2. The molecule has 2 amide bonds. The van der Waals surface area contributed by atoms with Crippen LogP contribution in [0.2, 0.25) is 0 Å². The lowest BCUT2D eigenvalue weighted by atomic mass is 10.1. The van der Waals surface area contributed by atoms with E-state index in [0.29, 0.717) is 12.1 Å². The van der Waals surface area contributed by atoms with E-state index < -0.39 is 5.97 Å². The highest BCUT2D eigenvalue weighted by Gasteiger charge is 2.32. The Bertz CT molecular complexity index is 796. The number of hydrogen-bond acceptors (Lipinski definition) is 3. The quantitative estimate of drug-likeness (QED) is 0.834. The van der Waals surface area contributed by atoms with Crippen LogP contribution in [0.4, 0.5) is 4.79 Å². The van der Waals surface area contributed by atoms with Gasteiger partial charge in [-0.3, -0.25) is 4.90 Å². The highest BCUT2D eigenvalue weighted by Crippen LogP contribution is 2.18. The van der Waals surface area contributed by atoms with Crippen molar-refractivity contribution in [1.82, 2.24) is 15.1 Å². The van der Waals surface area contributed by atoms with Gasteiger partial charge in [0.25, 0.3) is 0 Å². The first-order valence-corrected chi connectivity index (χ1v) is 9.58. The standard InChI is InChI=1S/C22H27N3O3/c1-16-13-24(15-19-8-10-20(11-9-19)21(26)27)14-17(2)25(16)22(28)23-12-18-6-4-3-5-7-18/h3-11,16-17H,12-15H2,1-2H3,(H,23,28)(H,26,27)/t16-,17+. The maximum Gasteiger partial charge on any atom is 0.335 e. The molecule has 0 spiro atoms. The van der Waals surface area contributed by atoms with Gasteiger partial charge >= 0.3 is 12.0 Å². The second-order valence-electron chi connectivity index (χ2n) is 7.45. The summed E-state index contributed by atoms with van der Waals surface area (Å²) in [5.41, 5.74) is 2.45. The van der Waals surface area contributed by atoms with Crippen LogP contribution in [0.15, 0.2) is 54.6 Å². The molecule has 1 saturated heterocycles. The van der Waals surface area contributed by atoms with Crippen molar-refractivity contribution in [1.29, 1.82) is 0 Å². The summed E-state index contributed by atoms with van der Waals surface area (Å²) in [5, 5.41) is 12.0. The number of urea groups is 1. The Hall–Kier alpha value is -2.86. The molecular weight excluding hydrogens is 354 g/mol. The summed E-state index contributed by atoms with van der Waals surface area (Å²) in [6, 6.07) is 17.0. The molecule has 148 valence electrons. The van der Waals surface area contributed by atoms with Crippen LogP contribution in [-0.2, 0) is 13.1 Å². The Kier molecular flexibility index (Phi) is 6.31. The van der Waals surface area contributed by atoms with Crippen molar-refractivity contribution in [3.63, 3.8) is 0 Å². The van der Waals surface area contributed by atoms with E-state index in [2.05, 4.69) is 24.1 Å². The molecule has 1 aliphatic heterocycles. The van der Waals surface area contributed by atoms with E-state index in [0.717, 1.165) is 30.8 Å². The van der Waals surface area contributed by atoms with Crippen LogP contribution < -0.4 is 5.32 Å². The van der Waals surface area contributed by atoms with Crippen LogP contribution >= 0.6 is 0 Å². The number of carbonyl (C=O) groups excluding carboxylic acids is 1. The van der Waals surface area contributed by atoms with Crippen LogP contribution in [0.25, 0.3) is 0 Å². The molecule has 2 aromatic carbocycles. The topological polar surface area (TPSA) is 72.9 Å². The number of piperazine rings is 1. The zero-order chi connectivity index (χ0) is 20.1. The van der Waals surface area contributed by atoms with Crippen molar-refractivity contribution in [3.8, 4) is 0 Å². The lowest BCUT2D eigenvalue weighted by Gasteiger charge is -2.44. The number of carboxylic acids is 1. The summed E-state index contributed by atoms with van der Waals surface area (Å²) < 4.78 is 0. The van der Waals surface area contributed by atoms with Crippen LogP contribution in [0.3, 0.4) is 0 Å². The molecule has 28 heavy (non-hydrogen) atoms. The summed E-state index contributed by atoms with van der Waals surface area (Å²) >= 11 is 0. The van der Waals surface area contributed by atoms with Crippen molar-refractivity contribution in [2.24, 2.45) is 0 Å². The average Bonchev–Trinajstić information content (AvgIpc) is 2.67. The molecule has 1 aliphatic rings. The molecule has 1 fully saturated rings. The molecule has 6 heteroatoms. The minimum Gasteiger partial charge on any atom is -0.478 e. The van der Waals surface area contributed by atoms with Crippen LogP contribution in [0.1, 0.15) is 35.3 Å². The van der Waals surface area contributed by atoms with E-state index in [-0.39, 0.29) is 18.1 Å². The molecule has 2 atom stereocenters. The number of benzene rings is 2. The largest absolute Gasteiger partial charge is 0.478 e. The predicted octanol–water partition coefficient (Wildman–Crippen LogP) is 3.19. The maximum absolute atomic E-state index is 12.7. The molecule has 0 radical (unpaired) electrons. The molecule has 1 heterocycles. The third-order valence-corrected chi connectivity index (χ3v) is 5.12. The van der Waals surface area contributed by atoms with Crippen molar-refractivity contribution in [2.75, 3.05) is 13.1 Å². The zero-order valence-electron chi connectivity index (χ0n) is 16.3. The van der Waals surface area contributed by atoms with E-state index >= 15 is 0 Å². The summed E-state index contributed by atoms with van der Waals surface area (Å²) in [5.74, 6) is -0.913. The number of nitrogens with one attached hydrogen (secondary N) is 1. The second kappa shape index (κ2) is 8.89. The summed E-state index contributed by atoms with van der Waals surface area (Å²) in [4.78, 5) is 27.9. The molecule has 0 bridgehead atoms. The second-order valence-corrected chi connectivity index (χ2v) is 7.45. The summed E-state index contributed by atoms with van der Waals surface area (Å²) in [6.45, 7) is 6.97. The molecule has 2 aromatic rings. The first-order chi connectivity index (χ1) is 13.4. The van der Waals surface area contributed by atoms with E-state index in [1.54, 1.807) is 12.1 Å². The SMILES string of the molecule is C[C@@H]1CN(Cc2ccc(C(=O)O)cc2)C[C@H](C)N1C(=O)NCc1ccccc1. The van der Waals surface area contributed by atoms with Crippen LogP contribution in [0, 0.1) is 0 Å². The van der Waals surface area contributed by atoms with Gasteiger partial charge < -0.3 is 15.3 Å². The molecule has 0 aromatic heterocycles. The summed E-state index contributed by atoms with van der Waals surface area (Å²) in [6.07, 6.45) is 0. The van der Waals surface area contributed by atoms with E-state index in [1.807, 2.05) is 47.4 Å². The van der Waals surface area contributed by atoms with E-state index in [9.17, 15) is 9.59 Å². The molecular formula is C22H27N3O3. The van der Waals surface area contributed by atoms with E-state index in [4.69, 9.17) is 5.11 Å². The average molecular weight is 381 g/mol. The Morgan fingerprint density at radius 3 is 2.14 bits per heavy atom. The molecule has 3 rings (SSSR count). The van der Waals surface area contributed by atoms with Crippen molar-refractivity contribution < 1.29 is 14.7 Å². The van der Waals surface area contributed by atoms with Gasteiger partial charge in [0.1, 0.15) is 0 Å². The molecule has 0 aliphatic carbocycles. The van der Waals surface area contributed by atoms with Crippen LogP contribution in [-0.4, -0.2) is 52.1 Å². The number of carboxylic acid groups (broad SMARTS) is 1. The fourth-order valence-electron chi connectivity index (χ4n) is 3.84. The summed E-state index contributed by atoms with van der Waals surface area (Å²) in [7, 11) is 0. The number of amides is 2. The minimum atomic E-state index is -0.913. The van der Waals surface area contributed by atoms with Gasteiger partial charge in [0.2, 0.25) is 0 Å². The van der Waals surface area contributed by atoms with Gasteiger partial charge in [0.05, 0.1) is 5.56 Å². The zero-order valence-corrected chi connectivity index (χ0v) is 16.3. The predicted molar refractivity (Wildman–Crippen MR) is 108 cm³/mol. The number of aromatic carboxylic acids is 1. The van der Waals surface area contributed by atoms with Gasteiger partial charge in [-0.15, -0.1) is 0 Å². The smallest absolute Gasteiger partial charge is 0.335 e. The lowest BCUT2D eigenvalue weighted by molar-refractivity contribution is 0.0599. The van der Waals surface area contributed by atoms with Crippen LogP contribution in [0.5, 0.6) is 0 Å². The first-order valence-electron chi connectivity index (χ1n) is 9.58. The molecule has 6 nitrogen and oxygen atoms in total. The van der Waals surface area contributed by atoms with Crippen molar-refractivity contribution in [3.05, 3.63) is 71.3 Å². The van der Waals surface area contributed by atoms with Gasteiger partial charge in [-0.1, -0.05) is 42.5 Å². The van der Waals surface area contributed by atoms with Crippen molar-refractivity contribution >= 4 is 12.0 Å². The Morgan fingerprint density at radius 2 is 1.57 bits per heavy atom. The fraction of sp³-hybridized carbons (Fsp3) is 0.364. The highest BCUT2D eigenvalue weighted by molar-refractivity contribution is 5.87. The fourth-order valence-corrected chi connectivity index (χ4v) is 3.84. The third kappa shape index (κ3) is 4.89. The highest BCUT2D eigenvalue weighted by atomic mass is 16.4. The Balaban J connectivity index is 1.55. The molecule has 0 saturated carbocycles. The van der Waals surface area contributed by atoms with Crippen molar-refractivity contribution in [2.45, 2.75) is 39.0 Å². The maximum atomic E-state index is 12.7. The van der Waals surface area contributed by atoms with Gasteiger partial charge in [0, 0.05) is 38.3 Å². The Morgan fingerprint density at radius 1 is 0.964 bits per heavy atom. The lowest BCUT2D eigenvalue weighted by Crippen LogP contribution is -2.60. The normalized spacial score (nSPS) is 20.0. The van der Waals surface area contributed by atoms with Gasteiger partial charge in [-0.05, 0) is 37.1 Å².